The standard InChI is InChI=1S/C22H25F3N4O2/c1-3-31-18-6-4-13(2)28-20(18)21(30)29-12-15-8-14(15)9-17(29)11-27-19-7-5-16(10-26-19)22(23,24)25/h4-7,10,14-15,17H,3,8-9,11-12H2,1-2H3,(H,26,27). The summed E-state index contributed by atoms with van der Waals surface area (Å²) in [7, 11) is 0. The average Bonchev–Trinajstić information content (AvgIpc) is 3.50. The number of aromatic nitrogens is 2. The maximum atomic E-state index is 13.4. The van der Waals surface area contributed by atoms with Crippen LogP contribution in [0, 0.1) is 18.8 Å². The van der Waals surface area contributed by atoms with E-state index >= 15 is 0 Å². The van der Waals surface area contributed by atoms with Crippen LogP contribution in [-0.4, -0.2) is 46.5 Å². The number of pyridine rings is 2. The van der Waals surface area contributed by atoms with Crippen molar-refractivity contribution in [3.8, 4) is 5.75 Å². The fraction of sp³-hybridized carbons (Fsp3) is 0.500. The molecule has 0 aromatic carbocycles. The van der Waals surface area contributed by atoms with Gasteiger partial charge in [-0.2, -0.15) is 13.2 Å². The van der Waals surface area contributed by atoms with E-state index in [2.05, 4.69) is 15.3 Å². The molecule has 4 rings (SSSR count). The number of anilines is 1. The topological polar surface area (TPSA) is 67.3 Å². The van der Waals surface area contributed by atoms with Crippen LogP contribution in [-0.2, 0) is 6.18 Å². The number of hydrogen-bond donors (Lipinski definition) is 1. The Morgan fingerprint density at radius 3 is 2.71 bits per heavy atom. The lowest BCUT2D eigenvalue weighted by atomic mass is 10.0. The van der Waals surface area contributed by atoms with Crippen molar-refractivity contribution in [2.24, 2.45) is 11.8 Å². The quantitative estimate of drug-likeness (QED) is 0.739. The Balaban J connectivity index is 1.49. The molecule has 166 valence electrons. The van der Waals surface area contributed by atoms with E-state index in [1.54, 1.807) is 6.07 Å². The van der Waals surface area contributed by atoms with Crippen LogP contribution in [0.2, 0.25) is 0 Å². The van der Waals surface area contributed by atoms with Gasteiger partial charge in [0.1, 0.15) is 5.82 Å². The number of aryl methyl sites for hydroxylation is 1. The van der Waals surface area contributed by atoms with Crippen molar-refractivity contribution in [2.45, 2.75) is 38.9 Å². The third-order valence-electron chi connectivity index (χ3n) is 5.89. The Morgan fingerprint density at radius 1 is 1.23 bits per heavy atom. The van der Waals surface area contributed by atoms with Crippen LogP contribution in [0.1, 0.15) is 41.5 Å². The van der Waals surface area contributed by atoms with Crippen molar-refractivity contribution in [1.29, 1.82) is 0 Å². The zero-order chi connectivity index (χ0) is 22.2. The van der Waals surface area contributed by atoms with Crippen LogP contribution in [0.3, 0.4) is 0 Å². The number of alkyl halides is 3. The summed E-state index contributed by atoms with van der Waals surface area (Å²) in [6.07, 6.45) is -1.66. The number of hydrogen-bond acceptors (Lipinski definition) is 5. The molecule has 1 amide bonds. The lowest BCUT2D eigenvalue weighted by Gasteiger charge is -2.35. The predicted molar refractivity (Wildman–Crippen MR) is 109 cm³/mol. The Bertz CT molecular complexity index is 949. The first kappa shape index (κ1) is 21.4. The highest BCUT2D eigenvalue weighted by Crippen LogP contribution is 2.47. The van der Waals surface area contributed by atoms with E-state index in [-0.39, 0.29) is 11.9 Å². The molecule has 1 saturated heterocycles. The van der Waals surface area contributed by atoms with Crippen LogP contribution in [0.25, 0.3) is 0 Å². The normalized spacial score (nSPS) is 22.6. The number of carbonyl (C=O) groups is 1. The first-order valence-electron chi connectivity index (χ1n) is 10.4. The van der Waals surface area contributed by atoms with Crippen LogP contribution >= 0.6 is 0 Å². The number of nitrogens with zero attached hydrogens (tertiary/aromatic N) is 3. The van der Waals surface area contributed by atoms with Gasteiger partial charge in [-0.25, -0.2) is 9.97 Å². The van der Waals surface area contributed by atoms with Gasteiger partial charge in [-0.3, -0.25) is 4.79 Å². The van der Waals surface area contributed by atoms with Crippen LogP contribution in [0.4, 0.5) is 19.0 Å². The smallest absolute Gasteiger partial charge is 0.417 e. The molecule has 31 heavy (non-hydrogen) atoms. The van der Waals surface area contributed by atoms with Crippen LogP contribution < -0.4 is 10.1 Å². The number of carbonyl (C=O) groups excluding carboxylic acids is 1. The van der Waals surface area contributed by atoms with Gasteiger partial charge >= 0.3 is 6.18 Å². The molecule has 0 bridgehead atoms. The second-order valence-corrected chi connectivity index (χ2v) is 8.15. The minimum atomic E-state index is -4.42. The maximum absolute atomic E-state index is 13.4. The van der Waals surface area contributed by atoms with Crippen molar-refractivity contribution < 1.29 is 22.7 Å². The molecular weight excluding hydrogens is 409 g/mol. The summed E-state index contributed by atoms with van der Waals surface area (Å²) in [5.74, 6) is 1.73. The summed E-state index contributed by atoms with van der Waals surface area (Å²) >= 11 is 0. The lowest BCUT2D eigenvalue weighted by Crippen LogP contribution is -2.48. The van der Waals surface area contributed by atoms with E-state index in [1.165, 1.54) is 6.07 Å². The number of rotatable bonds is 6. The number of ether oxygens (including phenoxy) is 1. The van der Waals surface area contributed by atoms with Crippen molar-refractivity contribution in [3.63, 3.8) is 0 Å². The monoisotopic (exact) mass is 434 g/mol. The fourth-order valence-electron chi connectivity index (χ4n) is 4.14. The van der Waals surface area contributed by atoms with Gasteiger partial charge in [0.15, 0.2) is 11.4 Å². The van der Waals surface area contributed by atoms with Gasteiger partial charge in [-0.1, -0.05) is 0 Å². The number of nitrogens with one attached hydrogen (secondary N) is 1. The Morgan fingerprint density at radius 2 is 2.03 bits per heavy atom. The highest BCUT2D eigenvalue weighted by molar-refractivity contribution is 5.95. The molecule has 2 aliphatic rings. The molecule has 0 spiro atoms. The molecule has 3 heterocycles. The molecule has 1 aliphatic heterocycles. The SMILES string of the molecule is CCOc1ccc(C)nc1C(=O)N1CC2CC2CC1CNc1ccc(C(F)(F)F)cn1. The number of fused-ring (bicyclic) bond motifs is 1. The number of likely N-dealkylation sites (tertiary alicyclic amines) is 1. The van der Waals surface area contributed by atoms with Gasteiger partial charge < -0.3 is 15.0 Å². The van der Waals surface area contributed by atoms with E-state index < -0.39 is 11.7 Å². The van der Waals surface area contributed by atoms with E-state index in [1.807, 2.05) is 24.8 Å². The molecule has 2 aromatic rings. The molecule has 1 saturated carbocycles. The molecule has 9 heteroatoms. The predicted octanol–water partition coefficient (Wildman–Crippen LogP) is 4.17. The Hall–Kier alpha value is -2.84. The van der Waals surface area contributed by atoms with E-state index in [9.17, 15) is 18.0 Å². The summed E-state index contributed by atoms with van der Waals surface area (Å²) in [6, 6.07) is 5.79. The first-order chi connectivity index (χ1) is 14.8. The van der Waals surface area contributed by atoms with Crippen molar-refractivity contribution in [2.75, 3.05) is 25.0 Å². The number of piperidine rings is 1. The van der Waals surface area contributed by atoms with Gasteiger partial charge in [-0.15, -0.1) is 0 Å². The Kier molecular flexibility index (Phi) is 5.77. The Labute approximate surface area is 178 Å². The molecule has 6 nitrogen and oxygen atoms in total. The largest absolute Gasteiger partial charge is 0.491 e. The molecule has 1 aliphatic carbocycles. The van der Waals surface area contributed by atoms with Crippen LogP contribution in [0.15, 0.2) is 30.5 Å². The summed E-state index contributed by atoms with van der Waals surface area (Å²) in [5.41, 5.74) is 0.248. The second kappa shape index (κ2) is 8.36. The van der Waals surface area contributed by atoms with Crippen molar-refractivity contribution >= 4 is 11.7 Å². The molecular formula is C22H25F3N4O2. The van der Waals surface area contributed by atoms with Crippen molar-refractivity contribution in [1.82, 2.24) is 14.9 Å². The van der Waals surface area contributed by atoms with E-state index in [4.69, 9.17) is 4.74 Å². The zero-order valence-electron chi connectivity index (χ0n) is 17.4. The second-order valence-electron chi connectivity index (χ2n) is 8.15. The van der Waals surface area contributed by atoms with Gasteiger partial charge in [0.2, 0.25) is 0 Å². The lowest BCUT2D eigenvalue weighted by molar-refractivity contribution is -0.137. The first-order valence-corrected chi connectivity index (χ1v) is 10.4. The molecule has 0 radical (unpaired) electrons. The van der Waals surface area contributed by atoms with Crippen LogP contribution in [0.5, 0.6) is 5.75 Å². The number of halogens is 3. The fourth-order valence-corrected chi connectivity index (χ4v) is 4.14. The van der Waals surface area contributed by atoms with Gasteiger partial charge in [0, 0.05) is 31.0 Å². The average molecular weight is 434 g/mol. The molecule has 1 N–H and O–H groups in total. The third kappa shape index (κ3) is 4.75. The maximum Gasteiger partial charge on any atom is 0.417 e. The van der Waals surface area contributed by atoms with Crippen molar-refractivity contribution in [3.05, 3.63) is 47.4 Å². The van der Waals surface area contributed by atoms with E-state index in [0.29, 0.717) is 48.8 Å². The van der Waals surface area contributed by atoms with Gasteiger partial charge in [0.05, 0.1) is 12.2 Å². The van der Waals surface area contributed by atoms with E-state index in [0.717, 1.165) is 30.8 Å². The minimum absolute atomic E-state index is 0.0999. The summed E-state index contributed by atoms with van der Waals surface area (Å²) in [6.45, 7) is 5.17. The molecule has 2 fully saturated rings. The van der Waals surface area contributed by atoms with Gasteiger partial charge in [0.25, 0.3) is 5.91 Å². The summed E-state index contributed by atoms with van der Waals surface area (Å²) < 4.78 is 43.8. The number of amides is 1. The molecule has 2 aromatic heterocycles. The zero-order valence-corrected chi connectivity index (χ0v) is 17.4. The minimum Gasteiger partial charge on any atom is -0.491 e. The molecule has 3 atom stereocenters. The summed E-state index contributed by atoms with van der Waals surface area (Å²) in [5, 5.41) is 3.10. The highest BCUT2D eigenvalue weighted by Gasteiger charge is 2.47. The van der Waals surface area contributed by atoms with Gasteiger partial charge in [-0.05, 0) is 62.8 Å². The summed E-state index contributed by atoms with van der Waals surface area (Å²) in [4.78, 5) is 23.5. The molecule has 3 unspecified atom stereocenters. The third-order valence-corrected chi connectivity index (χ3v) is 5.89. The highest BCUT2D eigenvalue weighted by atomic mass is 19.4.